The molecule has 1 N–H and O–H groups in total. The normalized spacial score (nSPS) is 23.7. The first-order valence-corrected chi connectivity index (χ1v) is 8.36. The Morgan fingerprint density at radius 1 is 1.19 bits per heavy atom. The second-order valence-corrected chi connectivity index (χ2v) is 7.03. The van der Waals surface area contributed by atoms with Gasteiger partial charge in [0.25, 0.3) is 0 Å². The van der Waals surface area contributed by atoms with Crippen LogP contribution in [0.1, 0.15) is 70.6 Å². The Labute approximate surface area is 129 Å². The van der Waals surface area contributed by atoms with E-state index in [1.54, 1.807) is 0 Å². The van der Waals surface area contributed by atoms with Gasteiger partial charge in [-0.25, -0.2) is 0 Å². The fraction of sp³-hybridized carbons (Fsp3) is 0.684. The highest BCUT2D eigenvalue weighted by molar-refractivity contribution is 5.29. The van der Waals surface area contributed by atoms with E-state index in [1.807, 2.05) is 6.92 Å². The van der Waals surface area contributed by atoms with E-state index in [4.69, 9.17) is 4.74 Å². The van der Waals surface area contributed by atoms with Gasteiger partial charge in [0, 0.05) is 6.61 Å². The molecule has 0 aromatic heterocycles. The summed E-state index contributed by atoms with van der Waals surface area (Å²) in [5, 5.41) is 10.4. The van der Waals surface area contributed by atoms with Crippen molar-refractivity contribution in [3.05, 3.63) is 35.4 Å². The second kappa shape index (κ2) is 6.93. The van der Waals surface area contributed by atoms with Crippen molar-refractivity contribution < 1.29 is 9.84 Å². The summed E-state index contributed by atoms with van der Waals surface area (Å²) in [5.74, 6) is 0.614. The fourth-order valence-electron chi connectivity index (χ4n) is 3.05. The molecule has 2 rings (SSSR count). The predicted molar refractivity (Wildman–Crippen MR) is 87.5 cm³/mol. The SMILES string of the molecule is CCOC1CC(CC(O)c2ccc(C(C)(C)CC)cc2)C1. The van der Waals surface area contributed by atoms with Gasteiger partial charge in [-0.15, -0.1) is 0 Å². The molecule has 21 heavy (non-hydrogen) atoms. The van der Waals surface area contributed by atoms with Crippen LogP contribution in [0.4, 0.5) is 0 Å². The lowest BCUT2D eigenvalue weighted by Gasteiger charge is -2.36. The maximum Gasteiger partial charge on any atom is 0.0792 e. The van der Waals surface area contributed by atoms with E-state index in [-0.39, 0.29) is 11.5 Å². The summed E-state index contributed by atoms with van der Waals surface area (Å²) in [5.41, 5.74) is 2.61. The number of hydrogen-bond donors (Lipinski definition) is 1. The Bertz CT molecular complexity index is 429. The number of rotatable bonds is 7. The topological polar surface area (TPSA) is 29.5 Å². The monoisotopic (exact) mass is 290 g/mol. The zero-order valence-electron chi connectivity index (χ0n) is 13.9. The zero-order chi connectivity index (χ0) is 15.5. The van der Waals surface area contributed by atoms with Crippen LogP contribution in [-0.2, 0) is 10.2 Å². The molecule has 1 aliphatic rings. The van der Waals surface area contributed by atoms with E-state index in [9.17, 15) is 5.11 Å². The van der Waals surface area contributed by atoms with E-state index in [0.717, 1.165) is 37.9 Å². The molecule has 0 aliphatic heterocycles. The van der Waals surface area contributed by atoms with Gasteiger partial charge in [0.2, 0.25) is 0 Å². The molecule has 1 aromatic carbocycles. The molecule has 1 fully saturated rings. The van der Waals surface area contributed by atoms with Crippen molar-refractivity contribution in [1.82, 2.24) is 0 Å². The molecular formula is C19H30O2. The highest BCUT2D eigenvalue weighted by atomic mass is 16.5. The zero-order valence-corrected chi connectivity index (χ0v) is 13.9. The van der Waals surface area contributed by atoms with Gasteiger partial charge in [-0.3, -0.25) is 0 Å². The molecule has 2 nitrogen and oxygen atoms in total. The number of aliphatic hydroxyl groups excluding tert-OH is 1. The summed E-state index contributed by atoms with van der Waals surface area (Å²) in [6.45, 7) is 9.59. The van der Waals surface area contributed by atoms with Gasteiger partial charge in [0.05, 0.1) is 12.2 Å². The van der Waals surface area contributed by atoms with Crippen LogP contribution >= 0.6 is 0 Å². The second-order valence-electron chi connectivity index (χ2n) is 7.03. The molecule has 1 atom stereocenters. The summed E-state index contributed by atoms with van der Waals surface area (Å²) < 4.78 is 5.58. The van der Waals surface area contributed by atoms with Crippen LogP contribution in [-0.4, -0.2) is 17.8 Å². The molecule has 1 aliphatic carbocycles. The van der Waals surface area contributed by atoms with Crippen LogP contribution in [0.25, 0.3) is 0 Å². The molecule has 1 aromatic rings. The van der Waals surface area contributed by atoms with E-state index in [1.165, 1.54) is 5.56 Å². The van der Waals surface area contributed by atoms with Gasteiger partial charge in [0.1, 0.15) is 0 Å². The van der Waals surface area contributed by atoms with Gasteiger partial charge in [-0.2, -0.15) is 0 Å². The first-order valence-electron chi connectivity index (χ1n) is 8.36. The molecule has 0 heterocycles. The summed E-state index contributed by atoms with van der Waals surface area (Å²) in [6.07, 6.45) is 4.28. The Hall–Kier alpha value is -0.860. The minimum absolute atomic E-state index is 0.210. The molecule has 0 saturated heterocycles. The maximum atomic E-state index is 10.4. The van der Waals surface area contributed by atoms with Crippen LogP contribution in [0.2, 0.25) is 0 Å². The molecule has 0 radical (unpaired) electrons. The number of ether oxygens (including phenoxy) is 1. The lowest BCUT2D eigenvalue weighted by atomic mass is 9.77. The molecule has 0 spiro atoms. The van der Waals surface area contributed by atoms with E-state index < -0.39 is 0 Å². The third-order valence-corrected chi connectivity index (χ3v) is 5.11. The van der Waals surface area contributed by atoms with Crippen molar-refractivity contribution in [3.8, 4) is 0 Å². The van der Waals surface area contributed by atoms with Gasteiger partial charge < -0.3 is 9.84 Å². The largest absolute Gasteiger partial charge is 0.388 e. The summed E-state index contributed by atoms with van der Waals surface area (Å²) >= 11 is 0. The molecule has 2 heteroatoms. The van der Waals surface area contributed by atoms with Crippen LogP contribution < -0.4 is 0 Å². The quantitative estimate of drug-likeness (QED) is 0.794. The van der Waals surface area contributed by atoms with Crippen molar-refractivity contribution in [2.45, 2.75) is 71.0 Å². The van der Waals surface area contributed by atoms with Crippen LogP contribution in [0, 0.1) is 5.92 Å². The van der Waals surface area contributed by atoms with Gasteiger partial charge in [0.15, 0.2) is 0 Å². The molecular weight excluding hydrogens is 260 g/mol. The number of hydrogen-bond acceptors (Lipinski definition) is 2. The average molecular weight is 290 g/mol. The maximum absolute atomic E-state index is 10.4. The molecule has 1 unspecified atom stereocenters. The Balaban J connectivity index is 1.88. The minimum atomic E-state index is -0.337. The summed E-state index contributed by atoms with van der Waals surface area (Å²) in [7, 11) is 0. The van der Waals surface area contributed by atoms with Gasteiger partial charge in [-0.1, -0.05) is 45.0 Å². The number of aliphatic hydroxyl groups is 1. The van der Waals surface area contributed by atoms with Crippen molar-refractivity contribution in [2.75, 3.05) is 6.61 Å². The van der Waals surface area contributed by atoms with Crippen LogP contribution in [0.15, 0.2) is 24.3 Å². The van der Waals surface area contributed by atoms with Gasteiger partial charge in [-0.05, 0) is 55.1 Å². The molecule has 0 bridgehead atoms. The van der Waals surface area contributed by atoms with E-state index >= 15 is 0 Å². The molecule has 1 saturated carbocycles. The Morgan fingerprint density at radius 2 is 1.81 bits per heavy atom. The standard InChI is InChI=1S/C19H30O2/c1-5-19(3,4)16-9-7-15(8-10-16)18(20)13-14-11-17(12-14)21-6-2/h7-10,14,17-18,20H,5-6,11-13H2,1-4H3. The van der Waals surface area contributed by atoms with Crippen LogP contribution in [0.3, 0.4) is 0 Å². The Kier molecular flexibility index (Phi) is 5.45. The van der Waals surface area contributed by atoms with E-state index in [0.29, 0.717) is 12.0 Å². The van der Waals surface area contributed by atoms with Crippen molar-refractivity contribution in [1.29, 1.82) is 0 Å². The van der Waals surface area contributed by atoms with Crippen molar-refractivity contribution in [3.63, 3.8) is 0 Å². The average Bonchev–Trinajstić information content (AvgIpc) is 2.45. The Morgan fingerprint density at radius 3 is 2.33 bits per heavy atom. The van der Waals surface area contributed by atoms with Crippen molar-refractivity contribution in [2.24, 2.45) is 5.92 Å². The summed E-state index contributed by atoms with van der Waals surface area (Å²) in [6, 6.07) is 8.53. The number of benzene rings is 1. The highest BCUT2D eigenvalue weighted by Gasteiger charge is 2.31. The van der Waals surface area contributed by atoms with Crippen molar-refractivity contribution >= 4 is 0 Å². The molecule has 0 amide bonds. The third kappa shape index (κ3) is 4.08. The fourth-order valence-corrected chi connectivity index (χ4v) is 3.05. The minimum Gasteiger partial charge on any atom is -0.388 e. The predicted octanol–water partition coefficient (Wildman–Crippen LogP) is 4.61. The third-order valence-electron chi connectivity index (χ3n) is 5.11. The smallest absolute Gasteiger partial charge is 0.0792 e. The summed E-state index contributed by atoms with van der Waals surface area (Å²) in [4.78, 5) is 0. The van der Waals surface area contributed by atoms with Crippen LogP contribution in [0.5, 0.6) is 0 Å². The molecule has 118 valence electrons. The lowest BCUT2D eigenvalue weighted by Crippen LogP contribution is -2.32. The first kappa shape index (κ1) is 16.5. The first-order chi connectivity index (χ1) is 9.96. The van der Waals surface area contributed by atoms with E-state index in [2.05, 4.69) is 45.0 Å². The van der Waals surface area contributed by atoms with Gasteiger partial charge >= 0.3 is 0 Å². The highest BCUT2D eigenvalue weighted by Crippen LogP contribution is 2.37. The lowest BCUT2D eigenvalue weighted by molar-refractivity contribution is -0.0380.